The lowest BCUT2D eigenvalue weighted by Crippen LogP contribution is -2.45. The third kappa shape index (κ3) is 2.96. The van der Waals surface area contributed by atoms with Crippen LogP contribution in [-0.2, 0) is 6.61 Å². The first kappa shape index (κ1) is 12.3. The molecule has 1 saturated heterocycles. The van der Waals surface area contributed by atoms with E-state index < -0.39 is 0 Å². The first-order valence-corrected chi connectivity index (χ1v) is 6.18. The van der Waals surface area contributed by atoms with E-state index in [4.69, 9.17) is 5.11 Å². The Labute approximate surface area is 103 Å². The molecule has 2 rings (SSSR count). The number of piperidine rings is 1. The molecule has 1 unspecified atom stereocenters. The third-order valence-corrected chi connectivity index (χ3v) is 3.44. The molecule has 1 aliphatic heterocycles. The molecule has 0 amide bonds. The summed E-state index contributed by atoms with van der Waals surface area (Å²) in [4.78, 5) is 9.03. The summed E-state index contributed by atoms with van der Waals surface area (Å²) in [6, 6.07) is 4.56. The first-order chi connectivity index (χ1) is 8.20. The zero-order chi connectivity index (χ0) is 12.3. The molecule has 0 bridgehead atoms. The van der Waals surface area contributed by atoms with Gasteiger partial charge in [-0.3, -0.25) is 0 Å². The number of rotatable bonds is 3. The topological polar surface area (TPSA) is 39.6 Å². The fourth-order valence-electron chi connectivity index (χ4n) is 2.28. The molecule has 0 saturated carbocycles. The van der Waals surface area contributed by atoms with Crippen molar-refractivity contribution in [1.82, 2.24) is 9.88 Å². The molecule has 17 heavy (non-hydrogen) atoms. The molecule has 1 atom stereocenters. The van der Waals surface area contributed by atoms with E-state index in [0.29, 0.717) is 6.04 Å². The van der Waals surface area contributed by atoms with E-state index in [0.717, 1.165) is 24.5 Å². The van der Waals surface area contributed by atoms with Crippen LogP contribution in [0.2, 0.25) is 0 Å². The summed E-state index contributed by atoms with van der Waals surface area (Å²) in [6.07, 6.45) is 4.24. The Kier molecular flexibility index (Phi) is 3.97. The Bertz CT molecular complexity index is 350. The van der Waals surface area contributed by atoms with Crippen LogP contribution < -0.4 is 4.90 Å². The Balaban J connectivity index is 2.05. The number of nitrogens with zero attached hydrogens (tertiary/aromatic N) is 3. The Morgan fingerprint density at radius 3 is 2.88 bits per heavy atom. The highest BCUT2D eigenvalue weighted by Crippen LogP contribution is 2.19. The lowest BCUT2D eigenvalue weighted by molar-refractivity contribution is 0.257. The van der Waals surface area contributed by atoms with Crippen molar-refractivity contribution in [3.05, 3.63) is 23.9 Å². The molecular weight excluding hydrogens is 214 g/mol. The highest BCUT2D eigenvalue weighted by molar-refractivity contribution is 5.40. The van der Waals surface area contributed by atoms with Crippen molar-refractivity contribution in [2.75, 3.05) is 32.1 Å². The summed E-state index contributed by atoms with van der Waals surface area (Å²) in [6.45, 7) is 2.18. The van der Waals surface area contributed by atoms with Gasteiger partial charge in [0.05, 0.1) is 6.61 Å². The molecular formula is C13H21N3O. The maximum atomic E-state index is 8.99. The Morgan fingerprint density at radius 2 is 2.29 bits per heavy atom. The van der Waals surface area contributed by atoms with Gasteiger partial charge in [0.25, 0.3) is 0 Å². The van der Waals surface area contributed by atoms with Gasteiger partial charge in [-0.05, 0) is 38.6 Å². The summed E-state index contributed by atoms with van der Waals surface area (Å²) in [7, 11) is 4.27. The van der Waals surface area contributed by atoms with Crippen molar-refractivity contribution in [2.45, 2.75) is 25.5 Å². The molecule has 1 aromatic rings. The normalized spacial score (nSPS) is 20.9. The SMILES string of the molecule is CN(C)C1CCCN(c2ccc(CO)cn2)C1. The van der Waals surface area contributed by atoms with E-state index in [-0.39, 0.29) is 6.61 Å². The number of aliphatic hydroxyl groups is 1. The van der Waals surface area contributed by atoms with Gasteiger partial charge in [0.1, 0.15) is 5.82 Å². The van der Waals surface area contributed by atoms with Crippen LogP contribution in [0.15, 0.2) is 18.3 Å². The minimum absolute atomic E-state index is 0.0631. The van der Waals surface area contributed by atoms with Crippen LogP contribution in [0.1, 0.15) is 18.4 Å². The summed E-state index contributed by atoms with van der Waals surface area (Å²) in [5, 5.41) is 8.99. The van der Waals surface area contributed by atoms with Crippen molar-refractivity contribution in [2.24, 2.45) is 0 Å². The van der Waals surface area contributed by atoms with E-state index in [1.54, 1.807) is 6.20 Å². The highest BCUT2D eigenvalue weighted by atomic mass is 16.3. The van der Waals surface area contributed by atoms with Gasteiger partial charge < -0.3 is 14.9 Å². The lowest BCUT2D eigenvalue weighted by atomic mass is 10.0. The van der Waals surface area contributed by atoms with Gasteiger partial charge in [-0.15, -0.1) is 0 Å². The number of aliphatic hydroxyl groups excluding tert-OH is 1. The lowest BCUT2D eigenvalue weighted by Gasteiger charge is -2.36. The molecule has 2 heterocycles. The van der Waals surface area contributed by atoms with Gasteiger partial charge >= 0.3 is 0 Å². The zero-order valence-electron chi connectivity index (χ0n) is 10.6. The van der Waals surface area contributed by atoms with Crippen LogP contribution in [0.4, 0.5) is 5.82 Å². The summed E-state index contributed by atoms with van der Waals surface area (Å²) >= 11 is 0. The number of aromatic nitrogens is 1. The maximum absolute atomic E-state index is 8.99. The van der Waals surface area contributed by atoms with Gasteiger partial charge in [-0.25, -0.2) is 4.98 Å². The third-order valence-electron chi connectivity index (χ3n) is 3.44. The van der Waals surface area contributed by atoms with Crippen LogP contribution in [0.25, 0.3) is 0 Å². The van der Waals surface area contributed by atoms with Gasteiger partial charge in [-0.2, -0.15) is 0 Å². The predicted molar refractivity (Wildman–Crippen MR) is 69.1 cm³/mol. The molecule has 94 valence electrons. The fourth-order valence-corrected chi connectivity index (χ4v) is 2.28. The van der Waals surface area contributed by atoms with E-state index in [1.165, 1.54) is 12.8 Å². The molecule has 0 aliphatic carbocycles. The molecule has 4 nitrogen and oxygen atoms in total. The number of hydrogen-bond donors (Lipinski definition) is 1. The van der Waals surface area contributed by atoms with Crippen LogP contribution in [0, 0.1) is 0 Å². The summed E-state index contributed by atoms with van der Waals surface area (Å²) in [5.41, 5.74) is 0.870. The second-order valence-corrected chi connectivity index (χ2v) is 4.89. The van der Waals surface area contributed by atoms with Gasteiger partial charge in [0.2, 0.25) is 0 Å². The number of hydrogen-bond acceptors (Lipinski definition) is 4. The molecule has 1 aromatic heterocycles. The van der Waals surface area contributed by atoms with Crippen molar-refractivity contribution in [3.63, 3.8) is 0 Å². The molecule has 1 aliphatic rings. The number of likely N-dealkylation sites (N-methyl/N-ethyl adjacent to an activating group) is 1. The molecule has 0 spiro atoms. The monoisotopic (exact) mass is 235 g/mol. The number of pyridine rings is 1. The van der Waals surface area contributed by atoms with E-state index in [1.807, 2.05) is 12.1 Å². The van der Waals surface area contributed by atoms with Gasteiger partial charge in [0.15, 0.2) is 0 Å². The second-order valence-electron chi connectivity index (χ2n) is 4.89. The van der Waals surface area contributed by atoms with Crippen molar-refractivity contribution in [3.8, 4) is 0 Å². The standard InChI is InChI=1S/C13H21N3O/c1-15(2)12-4-3-7-16(9-12)13-6-5-11(10-17)8-14-13/h5-6,8,12,17H,3-4,7,9-10H2,1-2H3. The van der Waals surface area contributed by atoms with Crippen LogP contribution in [-0.4, -0.2) is 48.2 Å². The smallest absolute Gasteiger partial charge is 0.128 e. The van der Waals surface area contributed by atoms with Gasteiger partial charge in [0, 0.05) is 25.3 Å². The van der Waals surface area contributed by atoms with Crippen molar-refractivity contribution < 1.29 is 5.11 Å². The highest BCUT2D eigenvalue weighted by Gasteiger charge is 2.21. The zero-order valence-corrected chi connectivity index (χ0v) is 10.6. The minimum Gasteiger partial charge on any atom is -0.392 e. The van der Waals surface area contributed by atoms with E-state index in [2.05, 4.69) is 28.9 Å². The summed E-state index contributed by atoms with van der Waals surface area (Å²) in [5.74, 6) is 1.02. The van der Waals surface area contributed by atoms with E-state index >= 15 is 0 Å². The predicted octanol–water partition coefficient (Wildman–Crippen LogP) is 1.10. The largest absolute Gasteiger partial charge is 0.392 e. The maximum Gasteiger partial charge on any atom is 0.128 e. The van der Waals surface area contributed by atoms with Crippen LogP contribution in [0.5, 0.6) is 0 Å². The average Bonchev–Trinajstić information content (AvgIpc) is 2.39. The quantitative estimate of drug-likeness (QED) is 0.852. The second kappa shape index (κ2) is 5.47. The minimum atomic E-state index is 0.0631. The average molecular weight is 235 g/mol. The Hall–Kier alpha value is -1.13. The van der Waals surface area contributed by atoms with Crippen molar-refractivity contribution >= 4 is 5.82 Å². The van der Waals surface area contributed by atoms with Crippen LogP contribution in [0.3, 0.4) is 0 Å². The first-order valence-electron chi connectivity index (χ1n) is 6.18. The van der Waals surface area contributed by atoms with Crippen molar-refractivity contribution in [1.29, 1.82) is 0 Å². The Morgan fingerprint density at radius 1 is 1.47 bits per heavy atom. The number of anilines is 1. The molecule has 4 heteroatoms. The fraction of sp³-hybridized carbons (Fsp3) is 0.615. The molecule has 0 radical (unpaired) electrons. The summed E-state index contributed by atoms with van der Waals surface area (Å²) < 4.78 is 0. The van der Waals surface area contributed by atoms with Gasteiger partial charge in [-0.1, -0.05) is 6.07 Å². The molecule has 1 fully saturated rings. The van der Waals surface area contributed by atoms with E-state index in [9.17, 15) is 0 Å². The molecule has 1 N–H and O–H groups in total. The van der Waals surface area contributed by atoms with Crippen LogP contribution >= 0.6 is 0 Å². The molecule has 0 aromatic carbocycles.